The van der Waals surface area contributed by atoms with E-state index in [4.69, 9.17) is 11.6 Å². The van der Waals surface area contributed by atoms with Crippen molar-refractivity contribution >= 4 is 23.4 Å². The van der Waals surface area contributed by atoms with E-state index in [1.54, 1.807) is 11.8 Å². The van der Waals surface area contributed by atoms with Crippen LogP contribution in [-0.4, -0.2) is 0 Å². The third-order valence-corrected chi connectivity index (χ3v) is 6.51. The van der Waals surface area contributed by atoms with Gasteiger partial charge in [0.05, 0.1) is 10.6 Å². The molecule has 4 rings (SSSR count). The lowest BCUT2D eigenvalue weighted by Gasteiger charge is -2.21. The summed E-state index contributed by atoms with van der Waals surface area (Å²) >= 11 is 7.65. The van der Waals surface area contributed by atoms with E-state index in [9.17, 15) is 13.2 Å². The van der Waals surface area contributed by atoms with Gasteiger partial charge in [-0.3, -0.25) is 0 Å². The van der Waals surface area contributed by atoms with E-state index in [-0.39, 0.29) is 10.9 Å². The molecular weight excluding hydrogens is 389 g/mol. The molecule has 0 aromatic heterocycles. The molecule has 0 nitrogen and oxygen atoms in total. The van der Waals surface area contributed by atoms with Crippen molar-refractivity contribution in [2.75, 3.05) is 0 Å². The molecule has 0 fully saturated rings. The molecule has 3 aromatic rings. The predicted molar refractivity (Wildman–Crippen MR) is 104 cm³/mol. The maximum absolute atomic E-state index is 12.9. The summed E-state index contributed by atoms with van der Waals surface area (Å²) in [6.45, 7) is 1.99. The van der Waals surface area contributed by atoms with E-state index >= 15 is 0 Å². The quantitative estimate of drug-likeness (QED) is 0.332. The van der Waals surface area contributed by atoms with Gasteiger partial charge in [-0.1, -0.05) is 66.7 Å². The second-order valence-electron chi connectivity index (χ2n) is 6.71. The molecular formula is C22H16ClF3S. The number of hydrogen-bond donors (Lipinski definition) is 0. The normalized spacial score (nSPS) is 14.4. The molecule has 27 heavy (non-hydrogen) atoms. The van der Waals surface area contributed by atoms with Crippen LogP contribution in [0.2, 0.25) is 5.02 Å². The summed E-state index contributed by atoms with van der Waals surface area (Å²) in [6.07, 6.45) is -3.57. The van der Waals surface area contributed by atoms with E-state index < -0.39 is 11.7 Å². The number of benzene rings is 3. The lowest BCUT2D eigenvalue weighted by atomic mass is 9.90. The van der Waals surface area contributed by atoms with Gasteiger partial charge in [0.2, 0.25) is 0 Å². The van der Waals surface area contributed by atoms with Crippen molar-refractivity contribution in [3.63, 3.8) is 0 Å². The first kappa shape index (κ1) is 18.5. The zero-order chi connectivity index (χ0) is 19.2. The molecule has 0 saturated heterocycles. The smallest absolute Gasteiger partial charge is 0.166 e. The molecule has 0 amide bonds. The topological polar surface area (TPSA) is 0 Å². The molecule has 1 heterocycles. The van der Waals surface area contributed by atoms with Gasteiger partial charge in [-0.05, 0) is 52.9 Å². The molecule has 1 aliphatic rings. The second-order valence-corrected chi connectivity index (χ2v) is 8.20. The minimum absolute atomic E-state index is 0.0442. The van der Waals surface area contributed by atoms with Crippen LogP contribution in [0, 0.1) is 0 Å². The molecule has 5 heteroatoms. The Morgan fingerprint density at radius 3 is 2.30 bits per heavy atom. The predicted octanol–water partition coefficient (Wildman–Crippen LogP) is 7.57. The van der Waals surface area contributed by atoms with Gasteiger partial charge in [0, 0.05) is 15.7 Å². The maximum atomic E-state index is 12.9. The molecule has 0 radical (unpaired) electrons. The summed E-state index contributed by atoms with van der Waals surface area (Å²) in [5.74, 6) is -0.0442. The third-order valence-electron chi connectivity index (χ3n) is 4.96. The number of alkyl halides is 3. The summed E-state index contributed by atoms with van der Waals surface area (Å²) in [7, 11) is 0. The van der Waals surface area contributed by atoms with Crippen molar-refractivity contribution in [3.05, 3.63) is 93.5 Å². The molecule has 0 saturated carbocycles. The van der Waals surface area contributed by atoms with Crippen molar-refractivity contribution in [1.82, 2.24) is 0 Å². The lowest BCUT2D eigenvalue weighted by molar-refractivity contribution is -0.137. The molecule has 3 aromatic carbocycles. The Hall–Kier alpha value is -1.91. The number of hydrogen-bond acceptors (Lipinski definition) is 1. The van der Waals surface area contributed by atoms with Crippen LogP contribution in [0.5, 0.6) is 0 Å². The number of halogens is 4. The highest BCUT2D eigenvalue weighted by Crippen LogP contribution is 2.41. The van der Waals surface area contributed by atoms with Gasteiger partial charge in [0.1, 0.15) is 0 Å². The Morgan fingerprint density at radius 1 is 0.889 bits per heavy atom. The van der Waals surface area contributed by atoms with E-state index in [0.29, 0.717) is 0 Å². The van der Waals surface area contributed by atoms with E-state index in [1.807, 2.05) is 19.1 Å². The van der Waals surface area contributed by atoms with E-state index in [1.165, 1.54) is 33.1 Å². The van der Waals surface area contributed by atoms with Crippen LogP contribution < -0.4 is 0 Å². The monoisotopic (exact) mass is 404 g/mol. The maximum Gasteiger partial charge on any atom is 0.417 e. The Balaban J connectivity index is 1.64. The molecule has 0 bridgehead atoms. The number of rotatable bonds is 2. The average Bonchev–Trinajstić information content (AvgIpc) is 2.64. The van der Waals surface area contributed by atoms with Gasteiger partial charge in [0.25, 0.3) is 0 Å². The zero-order valence-electron chi connectivity index (χ0n) is 14.5. The first-order valence-corrected chi connectivity index (χ1v) is 9.77. The standard InChI is InChI=1S/C22H16ClF3S/c1-13(15-6-8-18(19(23)12-15)22(24,25)26)14-7-9-21-17(10-14)11-16-4-2-3-5-20(16)27-21/h2-10,12-13H,11H2,1H3. The summed E-state index contributed by atoms with van der Waals surface area (Å²) in [5, 5.41) is -0.255. The Kier molecular flexibility index (Phi) is 4.73. The fraction of sp³-hybridized carbons (Fsp3) is 0.182. The van der Waals surface area contributed by atoms with Crippen molar-refractivity contribution in [2.45, 2.75) is 35.2 Å². The zero-order valence-corrected chi connectivity index (χ0v) is 16.1. The van der Waals surface area contributed by atoms with E-state index in [0.717, 1.165) is 23.6 Å². The van der Waals surface area contributed by atoms with Gasteiger partial charge in [0.15, 0.2) is 0 Å². The summed E-state index contributed by atoms with van der Waals surface area (Å²) in [6, 6.07) is 18.7. The molecule has 1 atom stereocenters. The van der Waals surface area contributed by atoms with Gasteiger partial charge in [-0.15, -0.1) is 0 Å². The van der Waals surface area contributed by atoms with Crippen molar-refractivity contribution in [1.29, 1.82) is 0 Å². The molecule has 1 unspecified atom stereocenters. The highest BCUT2D eigenvalue weighted by atomic mass is 35.5. The van der Waals surface area contributed by atoms with Crippen LogP contribution in [0.1, 0.15) is 40.7 Å². The van der Waals surface area contributed by atoms with Crippen molar-refractivity contribution in [2.24, 2.45) is 0 Å². The summed E-state index contributed by atoms with van der Waals surface area (Å²) < 4.78 is 38.8. The highest BCUT2D eigenvalue weighted by Gasteiger charge is 2.33. The molecule has 0 spiro atoms. The van der Waals surface area contributed by atoms with Crippen LogP contribution in [0.25, 0.3) is 0 Å². The van der Waals surface area contributed by atoms with Gasteiger partial charge in [-0.2, -0.15) is 13.2 Å². The minimum Gasteiger partial charge on any atom is -0.166 e. The van der Waals surface area contributed by atoms with Gasteiger partial charge < -0.3 is 0 Å². The Morgan fingerprint density at radius 2 is 1.56 bits per heavy atom. The first-order valence-electron chi connectivity index (χ1n) is 8.58. The van der Waals surface area contributed by atoms with Crippen LogP contribution in [0.3, 0.4) is 0 Å². The third kappa shape index (κ3) is 3.61. The molecule has 1 aliphatic heterocycles. The fourth-order valence-corrected chi connectivity index (χ4v) is 4.75. The van der Waals surface area contributed by atoms with Crippen molar-refractivity contribution in [3.8, 4) is 0 Å². The first-order chi connectivity index (χ1) is 12.8. The van der Waals surface area contributed by atoms with Crippen LogP contribution in [0.4, 0.5) is 13.2 Å². The Bertz CT molecular complexity index is 1010. The SMILES string of the molecule is CC(c1ccc(C(F)(F)F)c(Cl)c1)c1ccc2c(c1)Cc1ccccc1S2. The average molecular weight is 405 g/mol. The lowest BCUT2D eigenvalue weighted by Crippen LogP contribution is -2.07. The Labute approximate surface area is 165 Å². The largest absolute Gasteiger partial charge is 0.417 e. The summed E-state index contributed by atoms with van der Waals surface area (Å²) in [4.78, 5) is 2.51. The van der Waals surface area contributed by atoms with Crippen LogP contribution >= 0.6 is 23.4 Å². The molecule has 0 N–H and O–H groups in total. The fourth-order valence-electron chi connectivity index (χ4n) is 3.40. The second kappa shape index (κ2) is 6.92. The van der Waals surface area contributed by atoms with Crippen LogP contribution in [-0.2, 0) is 12.6 Å². The van der Waals surface area contributed by atoms with Crippen molar-refractivity contribution < 1.29 is 13.2 Å². The minimum atomic E-state index is -4.44. The van der Waals surface area contributed by atoms with Gasteiger partial charge in [-0.25, -0.2) is 0 Å². The van der Waals surface area contributed by atoms with Gasteiger partial charge >= 0.3 is 6.18 Å². The highest BCUT2D eigenvalue weighted by molar-refractivity contribution is 7.99. The molecule has 0 aliphatic carbocycles. The number of fused-ring (bicyclic) bond motifs is 2. The molecule has 138 valence electrons. The van der Waals surface area contributed by atoms with Crippen LogP contribution in [0.15, 0.2) is 70.5 Å². The van der Waals surface area contributed by atoms with E-state index in [2.05, 4.69) is 30.3 Å². The summed E-state index contributed by atoms with van der Waals surface area (Å²) in [5.41, 5.74) is 3.61.